The standard InChI is InChI=1S/C40H29BN3O.Pt/c1-43-25-26-44(29-43)33-22-23-36-38(28-33)41(32-17-12-18-34(27-32)45-39-21-10-11-24-42-39)37-20-9-8-19-35(37)40(36,30-13-4-2-5-14-30)31-15-6-3-7-16-31;/h2-26,29H,1H3;/q-3;. The van der Waals surface area contributed by atoms with Crippen molar-refractivity contribution in [1.82, 2.24) is 9.88 Å². The van der Waals surface area contributed by atoms with Crippen LogP contribution in [0.3, 0.4) is 0 Å². The summed E-state index contributed by atoms with van der Waals surface area (Å²) in [6.45, 7) is 1.94. The second-order valence-corrected chi connectivity index (χ2v) is 11.4. The van der Waals surface area contributed by atoms with Gasteiger partial charge in [-0.05, 0) is 42.2 Å². The van der Waals surface area contributed by atoms with Crippen LogP contribution in [0.5, 0.6) is 11.6 Å². The van der Waals surface area contributed by atoms with E-state index in [0.717, 1.165) is 16.6 Å². The van der Waals surface area contributed by atoms with Crippen LogP contribution in [-0.2, 0) is 26.5 Å². The molecule has 0 atom stereocenters. The number of ether oxygens (including phenoxy) is 1. The maximum absolute atomic E-state index is 6.18. The van der Waals surface area contributed by atoms with E-state index in [0.29, 0.717) is 11.6 Å². The third-order valence-electron chi connectivity index (χ3n) is 8.74. The molecule has 0 fully saturated rings. The Balaban J connectivity index is 0.00000338. The fraction of sp³-hybridized carbons (Fsp3) is 0.0500. The molecule has 0 radical (unpaired) electrons. The van der Waals surface area contributed by atoms with Gasteiger partial charge in [-0.3, -0.25) is 0 Å². The number of hydrogen-bond donors (Lipinski definition) is 0. The SMILES string of the molecule is CN1C=CN(c2[c-]c3c(cc2)C(c2ccccc2)(c2ccccc2)c2ccccc2B3c2[c-]c(Oc3ccccn3)ccc2)[CH-]1.[Pt]. The Hall–Kier alpha value is -4.86. The quantitative estimate of drug-likeness (QED) is 0.153. The second kappa shape index (κ2) is 12.5. The zero-order valence-electron chi connectivity index (χ0n) is 25.2. The predicted octanol–water partition coefficient (Wildman–Crippen LogP) is 6.03. The number of aromatic nitrogens is 1. The van der Waals surface area contributed by atoms with Crippen molar-refractivity contribution in [3.8, 4) is 11.6 Å². The maximum atomic E-state index is 6.18. The molecule has 6 heteroatoms. The monoisotopic (exact) mass is 773 g/mol. The molecule has 2 aliphatic heterocycles. The van der Waals surface area contributed by atoms with Gasteiger partial charge in [-0.2, -0.15) is 41.9 Å². The molecular weight excluding hydrogens is 744 g/mol. The van der Waals surface area contributed by atoms with Gasteiger partial charge in [0.05, 0.1) is 0 Å². The molecule has 46 heavy (non-hydrogen) atoms. The average Bonchev–Trinajstić information content (AvgIpc) is 3.54. The first kappa shape index (κ1) is 29.8. The van der Waals surface area contributed by atoms with Gasteiger partial charge in [0.1, 0.15) is 0 Å². The van der Waals surface area contributed by atoms with Crippen molar-refractivity contribution in [2.24, 2.45) is 0 Å². The Morgan fingerprint density at radius 2 is 1.41 bits per heavy atom. The summed E-state index contributed by atoms with van der Waals surface area (Å²) in [5.74, 6) is 1.17. The molecular formula is C40H29BN3OPt-3. The van der Waals surface area contributed by atoms with E-state index in [4.69, 9.17) is 4.74 Å². The van der Waals surface area contributed by atoms with E-state index >= 15 is 0 Å². The summed E-state index contributed by atoms with van der Waals surface area (Å²) in [6, 6.07) is 54.4. The topological polar surface area (TPSA) is 28.6 Å². The number of anilines is 1. The zero-order valence-corrected chi connectivity index (χ0v) is 27.4. The molecule has 0 saturated carbocycles. The maximum Gasteiger partial charge on any atom is 0.216 e. The van der Waals surface area contributed by atoms with E-state index in [-0.39, 0.29) is 27.8 Å². The molecule has 4 nitrogen and oxygen atoms in total. The van der Waals surface area contributed by atoms with Crippen molar-refractivity contribution in [3.63, 3.8) is 0 Å². The Morgan fingerprint density at radius 3 is 2.11 bits per heavy atom. The Morgan fingerprint density at radius 1 is 0.696 bits per heavy atom. The van der Waals surface area contributed by atoms with Crippen molar-refractivity contribution >= 4 is 28.8 Å². The normalized spacial score (nSPS) is 14.3. The summed E-state index contributed by atoms with van der Waals surface area (Å²) < 4.78 is 6.18. The van der Waals surface area contributed by atoms with Crippen LogP contribution in [0.4, 0.5) is 5.69 Å². The molecule has 3 heterocycles. The minimum Gasteiger partial charge on any atom is -0.510 e. The van der Waals surface area contributed by atoms with E-state index < -0.39 is 5.41 Å². The molecule has 1 aromatic heterocycles. The number of fused-ring (bicyclic) bond motifs is 2. The van der Waals surface area contributed by atoms with E-state index in [1.54, 1.807) is 6.20 Å². The fourth-order valence-electron chi connectivity index (χ4n) is 6.89. The number of pyridine rings is 1. The van der Waals surface area contributed by atoms with Gasteiger partial charge in [-0.15, -0.1) is 29.4 Å². The summed E-state index contributed by atoms with van der Waals surface area (Å²) >= 11 is 0. The molecule has 0 bridgehead atoms. The molecule has 5 aromatic carbocycles. The number of hydrogen-bond acceptors (Lipinski definition) is 4. The van der Waals surface area contributed by atoms with Crippen molar-refractivity contribution in [1.29, 1.82) is 0 Å². The third-order valence-corrected chi connectivity index (χ3v) is 8.74. The Labute approximate surface area is 285 Å². The van der Waals surface area contributed by atoms with Crippen LogP contribution in [0.25, 0.3) is 0 Å². The summed E-state index contributed by atoms with van der Waals surface area (Å²) in [6.07, 6.45) is 5.85. The van der Waals surface area contributed by atoms with Gasteiger partial charge in [-0.25, -0.2) is 4.98 Å². The first-order valence-electron chi connectivity index (χ1n) is 15.1. The average molecular weight is 774 g/mol. The molecule has 0 aliphatic carbocycles. The summed E-state index contributed by atoms with van der Waals surface area (Å²) in [5.41, 5.74) is 8.65. The van der Waals surface area contributed by atoms with Crippen LogP contribution in [0, 0.1) is 18.8 Å². The minimum atomic E-state index is -0.552. The van der Waals surface area contributed by atoms with Crippen LogP contribution in [0.15, 0.2) is 152 Å². The van der Waals surface area contributed by atoms with Crippen LogP contribution in [0.1, 0.15) is 22.3 Å². The molecule has 6 aromatic rings. The minimum absolute atomic E-state index is 0. The van der Waals surface area contributed by atoms with Gasteiger partial charge in [0.2, 0.25) is 5.88 Å². The van der Waals surface area contributed by atoms with Gasteiger partial charge in [-0.1, -0.05) is 96.5 Å². The summed E-state index contributed by atoms with van der Waals surface area (Å²) in [4.78, 5) is 8.53. The van der Waals surface area contributed by atoms with E-state index in [1.807, 2.05) is 48.5 Å². The van der Waals surface area contributed by atoms with Crippen molar-refractivity contribution in [3.05, 3.63) is 193 Å². The number of benzene rings is 5. The van der Waals surface area contributed by atoms with Crippen LogP contribution in [0.2, 0.25) is 0 Å². The molecule has 0 spiro atoms. The van der Waals surface area contributed by atoms with Gasteiger partial charge in [0.15, 0.2) is 6.71 Å². The third kappa shape index (κ3) is 5.05. The van der Waals surface area contributed by atoms with E-state index in [9.17, 15) is 0 Å². The van der Waals surface area contributed by atoms with Crippen LogP contribution < -0.4 is 26.0 Å². The first-order valence-corrected chi connectivity index (χ1v) is 15.1. The molecule has 226 valence electrons. The molecule has 0 unspecified atom stereocenters. The van der Waals surface area contributed by atoms with Crippen molar-refractivity contribution in [2.75, 3.05) is 11.9 Å². The van der Waals surface area contributed by atoms with Crippen molar-refractivity contribution in [2.45, 2.75) is 5.41 Å². The van der Waals surface area contributed by atoms with Gasteiger partial charge < -0.3 is 14.5 Å². The van der Waals surface area contributed by atoms with Crippen LogP contribution in [-0.4, -0.2) is 23.6 Å². The largest absolute Gasteiger partial charge is 0.510 e. The van der Waals surface area contributed by atoms with Crippen LogP contribution >= 0.6 is 0 Å². The Bertz CT molecular complexity index is 1960. The first-order chi connectivity index (χ1) is 22.2. The van der Waals surface area contributed by atoms with Gasteiger partial charge >= 0.3 is 0 Å². The molecule has 0 amide bonds. The number of rotatable bonds is 6. The van der Waals surface area contributed by atoms with Gasteiger partial charge in [0.25, 0.3) is 0 Å². The number of nitrogens with zero attached hydrogens (tertiary/aromatic N) is 3. The summed E-state index contributed by atoms with van der Waals surface area (Å²) in [5, 5.41) is 0. The smallest absolute Gasteiger partial charge is 0.216 e. The zero-order chi connectivity index (χ0) is 30.2. The van der Waals surface area contributed by atoms with E-state index in [2.05, 4.69) is 138 Å². The van der Waals surface area contributed by atoms with E-state index in [1.165, 1.54) is 27.7 Å². The van der Waals surface area contributed by atoms with Crippen molar-refractivity contribution < 1.29 is 25.8 Å². The molecule has 8 rings (SSSR count). The second-order valence-electron chi connectivity index (χ2n) is 11.4. The fourth-order valence-corrected chi connectivity index (χ4v) is 6.89. The summed E-state index contributed by atoms with van der Waals surface area (Å²) in [7, 11) is 2.03. The molecule has 0 N–H and O–H groups in total. The van der Waals surface area contributed by atoms with Gasteiger partial charge in [0, 0.05) is 44.5 Å². The predicted molar refractivity (Wildman–Crippen MR) is 182 cm³/mol. The molecule has 0 saturated heterocycles. The Kier molecular flexibility index (Phi) is 8.11. The molecule has 2 aliphatic rings.